The van der Waals surface area contributed by atoms with Gasteiger partial charge in [-0.1, -0.05) is 24.3 Å². The van der Waals surface area contributed by atoms with E-state index < -0.39 is 0 Å². The Bertz CT molecular complexity index is 1010. The van der Waals surface area contributed by atoms with E-state index in [-0.39, 0.29) is 11.9 Å². The van der Waals surface area contributed by atoms with Crippen molar-refractivity contribution in [1.82, 2.24) is 15.5 Å². The third kappa shape index (κ3) is 4.43. The van der Waals surface area contributed by atoms with E-state index in [0.29, 0.717) is 5.56 Å². The molecule has 3 aromatic rings. The number of rotatable bonds is 6. The van der Waals surface area contributed by atoms with Crippen LogP contribution in [0.2, 0.25) is 0 Å². The number of benzene rings is 2. The molecule has 1 atom stereocenters. The number of carbonyl (C=O) groups excluding carboxylic acids is 1. The molecule has 2 aromatic carbocycles. The summed E-state index contributed by atoms with van der Waals surface area (Å²) >= 11 is 0. The molecule has 0 bridgehead atoms. The van der Waals surface area contributed by atoms with E-state index in [1.165, 1.54) is 12.8 Å². The zero-order valence-corrected chi connectivity index (χ0v) is 17.3. The van der Waals surface area contributed by atoms with Gasteiger partial charge in [-0.2, -0.15) is 0 Å². The maximum absolute atomic E-state index is 12.8. The SMILES string of the molecule is COc1cccc([C@H](C)NC(=O)c2cccc(-c3ccc(N4CCCC4)nn3)c2)c1. The van der Waals surface area contributed by atoms with Crippen LogP contribution in [-0.2, 0) is 0 Å². The van der Waals surface area contributed by atoms with Crippen LogP contribution in [0.25, 0.3) is 11.3 Å². The molecule has 0 aliphatic carbocycles. The minimum Gasteiger partial charge on any atom is -0.497 e. The molecule has 0 unspecified atom stereocenters. The molecule has 30 heavy (non-hydrogen) atoms. The van der Waals surface area contributed by atoms with Gasteiger partial charge in [0.25, 0.3) is 5.91 Å². The molecule has 1 aromatic heterocycles. The second-order valence-corrected chi connectivity index (χ2v) is 7.52. The topological polar surface area (TPSA) is 67.3 Å². The van der Waals surface area contributed by atoms with Crippen molar-refractivity contribution in [3.8, 4) is 17.0 Å². The summed E-state index contributed by atoms with van der Waals surface area (Å²) in [7, 11) is 1.63. The quantitative estimate of drug-likeness (QED) is 0.668. The van der Waals surface area contributed by atoms with Gasteiger partial charge in [0.2, 0.25) is 0 Å². The summed E-state index contributed by atoms with van der Waals surface area (Å²) in [6.45, 7) is 4.03. The van der Waals surface area contributed by atoms with Crippen LogP contribution in [0.3, 0.4) is 0 Å². The molecule has 154 valence electrons. The molecular weight excluding hydrogens is 376 g/mol. The lowest BCUT2D eigenvalue weighted by atomic mass is 10.1. The summed E-state index contributed by atoms with van der Waals surface area (Å²) in [4.78, 5) is 15.1. The minimum absolute atomic E-state index is 0.131. The number of hydrogen-bond acceptors (Lipinski definition) is 5. The Kier molecular flexibility index (Phi) is 5.93. The number of aromatic nitrogens is 2. The lowest BCUT2D eigenvalue weighted by Gasteiger charge is -2.16. The second kappa shape index (κ2) is 8.95. The van der Waals surface area contributed by atoms with Crippen LogP contribution >= 0.6 is 0 Å². The first-order valence-electron chi connectivity index (χ1n) is 10.3. The standard InChI is InChI=1S/C24H26N4O2/c1-17(18-7-6-10-21(16-18)30-2)25-24(29)20-9-5-8-19(15-20)22-11-12-23(27-26-22)28-13-3-4-14-28/h5-12,15-17H,3-4,13-14H2,1-2H3,(H,25,29)/t17-/m0/s1. The van der Waals surface area contributed by atoms with E-state index in [4.69, 9.17) is 4.74 Å². The largest absolute Gasteiger partial charge is 0.497 e. The van der Waals surface area contributed by atoms with Crippen LogP contribution in [0.4, 0.5) is 5.82 Å². The Hall–Kier alpha value is -3.41. The summed E-state index contributed by atoms with van der Waals surface area (Å²) in [5, 5.41) is 11.8. The zero-order chi connectivity index (χ0) is 20.9. The van der Waals surface area contributed by atoms with Crippen LogP contribution in [0, 0.1) is 0 Å². The van der Waals surface area contributed by atoms with E-state index in [2.05, 4.69) is 20.4 Å². The average Bonchev–Trinajstić information content (AvgIpc) is 3.34. The fraction of sp³-hybridized carbons (Fsp3) is 0.292. The summed E-state index contributed by atoms with van der Waals surface area (Å²) in [6.07, 6.45) is 2.41. The molecule has 6 heteroatoms. The smallest absolute Gasteiger partial charge is 0.251 e. The van der Waals surface area contributed by atoms with Gasteiger partial charge >= 0.3 is 0 Å². The van der Waals surface area contributed by atoms with Gasteiger partial charge in [-0.3, -0.25) is 4.79 Å². The highest BCUT2D eigenvalue weighted by atomic mass is 16.5. The van der Waals surface area contributed by atoms with Crippen LogP contribution in [0.1, 0.15) is 41.7 Å². The number of hydrogen-bond donors (Lipinski definition) is 1. The van der Waals surface area contributed by atoms with Crippen molar-refractivity contribution < 1.29 is 9.53 Å². The number of ether oxygens (including phenoxy) is 1. The third-order valence-corrected chi connectivity index (χ3v) is 5.44. The molecule has 1 saturated heterocycles. The van der Waals surface area contributed by atoms with Crippen molar-refractivity contribution in [1.29, 1.82) is 0 Å². The van der Waals surface area contributed by atoms with E-state index in [9.17, 15) is 4.79 Å². The lowest BCUT2D eigenvalue weighted by molar-refractivity contribution is 0.0940. The highest BCUT2D eigenvalue weighted by molar-refractivity contribution is 5.95. The minimum atomic E-state index is -0.143. The summed E-state index contributed by atoms with van der Waals surface area (Å²) < 4.78 is 5.27. The molecule has 1 fully saturated rings. The van der Waals surface area contributed by atoms with E-state index in [1.54, 1.807) is 7.11 Å². The van der Waals surface area contributed by atoms with Crippen molar-refractivity contribution in [3.63, 3.8) is 0 Å². The highest BCUT2D eigenvalue weighted by Crippen LogP contribution is 2.23. The second-order valence-electron chi connectivity index (χ2n) is 7.52. The molecule has 1 aliphatic rings. The number of nitrogens with zero attached hydrogens (tertiary/aromatic N) is 3. The van der Waals surface area contributed by atoms with Crippen molar-refractivity contribution in [2.24, 2.45) is 0 Å². The highest BCUT2D eigenvalue weighted by Gasteiger charge is 2.15. The monoisotopic (exact) mass is 402 g/mol. The van der Waals surface area contributed by atoms with Gasteiger partial charge in [0, 0.05) is 24.2 Å². The predicted molar refractivity (Wildman–Crippen MR) is 118 cm³/mol. The average molecular weight is 402 g/mol. The number of amides is 1. The molecule has 0 saturated carbocycles. The fourth-order valence-electron chi connectivity index (χ4n) is 3.69. The first-order valence-corrected chi connectivity index (χ1v) is 10.3. The molecule has 6 nitrogen and oxygen atoms in total. The van der Waals surface area contributed by atoms with Crippen molar-refractivity contribution in [3.05, 3.63) is 71.8 Å². The van der Waals surface area contributed by atoms with Crippen LogP contribution in [-0.4, -0.2) is 36.3 Å². The first kappa shape index (κ1) is 19.9. The van der Waals surface area contributed by atoms with Gasteiger partial charge in [-0.15, -0.1) is 10.2 Å². The maximum atomic E-state index is 12.8. The number of carbonyl (C=O) groups is 1. The molecule has 0 radical (unpaired) electrons. The normalized spacial score (nSPS) is 14.4. The molecule has 1 N–H and O–H groups in total. The molecule has 4 rings (SSSR count). The Labute approximate surface area is 176 Å². The number of anilines is 1. The zero-order valence-electron chi connectivity index (χ0n) is 17.3. The van der Waals surface area contributed by atoms with Crippen LogP contribution in [0.15, 0.2) is 60.7 Å². The summed E-state index contributed by atoms with van der Waals surface area (Å²) in [6, 6.07) is 19.0. The molecule has 1 aliphatic heterocycles. The Morgan fingerprint density at radius 3 is 2.57 bits per heavy atom. The number of nitrogens with one attached hydrogen (secondary N) is 1. The van der Waals surface area contributed by atoms with Gasteiger partial charge in [0.1, 0.15) is 5.75 Å². The molecule has 2 heterocycles. The van der Waals surface area contributed by atoms with Crippen LogP contribution in [0.5, 0.6) is 5.75 Å². The Morgan fingerprint density at radius 1 is 1.03 bits per heavy atom. The molecule has 0 spiro atoms. The van der Waals surface area contributed by atoms with E-state index in [0.717, 1.165) is 41.5 Å². The van der Waals surface area contributed by atoms with Gasteiger partial charge < -0.3 is 15.0 Å². The fourth-order valence-corrected chi connectivity index (χ4v) is 3.69. The van der Waals surface area contributed by atoms with Gasteiger partial charge in [-0.25, -0.2) is 0 Å². The van der Waals surface area contributed by atoms with E-state index >= 15 is 0 Å². The Morgan fingerprint density at radius 2 is 1.83 bits per heavy atom. The summed E-state index contributed by atoms with van der Waals surface area (Å²) in [5.74, 6) is 1.55. The van der Waals surface area contributed by atoms with Gasteiger partial charge in [0.05, 0.1) is 18.8 Å². The van der Waals surface area contributed by atoms with Crippen molar-refractivity contribution in [2.75, 3.05) is 25.1 Å². The Balaban J connectivity index is 1.47. The molecular formula is C24H26N4O2. The third-order valence-electron chi connectivity index (χ3n) is 5.44. The van der Waals surface area contributed by atoms with E-state index in [1.807, 2.05) is 67.6 Å². The molecule has 1 amide bonds. The van der Waals surface area contributed by atoms with Gasteiger partial charge in [-0.05, 0) is 61.7 Å². The number of methoxy groups -OCH3 is 1. The van der Waals surface area contributed by atoms with Crippen molar-refractivity contribution >= 4 is 11.7 Å². The predicted octanol–water partition coefficient (Wildman–Crippen LogP) is 4.24. The summed E-state index contributed by atoms with van der Waals surface area (Å²) in [5.41, 5.74) is 3.21. The lowest BCUT2D eigenvalue weighted by Crippen LogP contribution is -2.26. The van der Waals surface area contributed by atoms with Crippen LogP contribution < -0.4 is 15.0 Å². The first-order chi connectivity index (χ1) is 14.6. The van der Waals surface area contributed by atoms with Gasteiger partial charge in [0.15, 0.2) is 5.82 Å². The van der Waals surface area contributed by atoms with Crippen molar-refractivity contribution in [2.45, 2.75) is 25.8 Å². The maximum Gasteiger partial charge on any atom is 0.251 e.